The summed E-state index contributed by atoms with van der Waals surface area (Å²) in [5.74, 6) is 0.282. The fourth-order valence-corrected chi connectivity index (χ4v) is 1.61. The molecule has 15 heavy (non-hydrogen) atoms. The molecule has 0 atom stereocenters. The van der Waals surface area contributed by atoms with Gasteiger partial charge in [0.15, 0.2) is 0 Å². The number of hydrogen-bond donors (Lipinski definition) is 1. The average molecular weight is 215 g/mol. The first kappa shape index (κ1) is 11.9. The van der Waals surface area contributed by atoms with Crippen LogP contribution in [0.2, 0.25) is 0 Å². The molecule has 1 N–H and O–H groups in total. The van der Waals surface area contributed by atoms with Crippen LogP contribution in [0.3, 0.4) is 0 Å². The van der Waals surface area contributed by atoms with Gasteiger partial charge in [0.25, 0.3) is 6.43 Å². The predicted octanol–water partition coefficient (Wildman–Crippen LogP) is 2.66. The Hall–Kier alpha value is -1.16. The monoisotopic (exact) mass is 215 g/mol. The van der Waals surface area contributed by atoms with Crippen LogP contribution in [0.5, 0.6) is 5.75 Å². The minimum Gasteiger partial charge on any atom is -0.496 e. The number of aryl methyl sites for hydroxylation is 1. The first-order chi connectivity index (χ1) is 7.10. The molecule has 0 fully saturated rings. The van der Waals surface area contributed by atoms with Crippen LogP contribution in [-0.4, -0.2) is 14.2 Å². The predicted molar refractivity (Wildman–Crippen MR) is 55.5 cm³/mol. The second-order valence-corrected chi connectivity index (χ2v) is 3.38. The lowest BCUT2D eigenvalue weighted by Crippen LogP contribution is -2.08. The van der Waals surface area contributed by atoms with Crippen molar-refractivity contribution >= 4 is 0 Å². The van der Waals surface area contributed by atoms with Crippen LogP contribution in [0.25, 0.3) is 0 Å². The zero-order valence-electron chi connectivity index (χ0n) is 9.10. The van der Waals surface area contributed by atoms with Crippen molar-refractivity contribution in [2.24, 2.45) is 0 Å². The molecule has 0 aliphatic rings. The Morgan fingerprint density at radius 3 is 2.53 bits per heavy atom. The largest absolute Gasteiger partial charge is 0.496 e. The van der Waals surface area contributed by atoms with Gasteiger partial charge < -0.3 is 10.1 Å². The van der Waals surface area contributed by atoms with E-state index < -0.39 is 6.43 Å². The molecule has 0 radical (unpaired) electrons. The maximum atomic E-state index is 12.7. The highest BCUT2D eigenvalue weighted by atomic mass is 19.3. The molecule has 2 nitrogen and oxygen atoms in total. The second-order valence-electron chi connectivity index (χ2n) is 3.38. The number of rotatable bonds is 4. The van der Waals surface area contributed by atoms with Gasteiger partial charge in [0.1, 0.15) is 5.75 Å². The fourth-order valence-electron chi connectivity index (χ4n) is 1.61. The van der Waals surface area contributed by atoms with E-state index in [9.17, 15) is 8.78 Å². The molecular weight excluding hydrogens is 200 g/mol. The number of hydrogen-bond acceptors (Lipinski definition) is 2. The molecule has 84 valence electrons. The quantitative estimate of drug-likeness (QED) is 0.833. The van der Waals surface area contributed by atoms with Crippen LogP contribution in [0.15, 0.2) is 12.1 Å². The summed E-state index contributed by atoms with van der Waals surface area (Å²) in [7, 11) is 3.18. The first-order valence-corrected chi connectivity index (χ1v) is 4.70. The third kappa shape index (κ3) is 2.65. The van der Waals surface area contributed by atoms with Crippen LogP contribution in [0, 0.1) is 6.92 Å². The van der Waals surface area contributed by atoms with E-state index in [4.69, 9.17) is 4.74 Å². The zero-order valence-corrected chi connectivity index (χ0v) is 9.10. The van der Waals surface area contributed by atoms with Gasteiger partial charge in [-0.1, -0.05) is 11.6 Å². The minimum absolute atomic E-state index is 0.0391. The fraction of sp³-hybridized carbons (Fsp3) is 0.455. The van der Waals surface area contributed by atoms with Gasteiger partial charge >= 0.3 is 0 Å². The van der Waals surface area contributed by atoms with Crippen LogP contribution in [0.4, 0.5) is 8.78 Å². The van der Waals surface area contributed by atoms with Gasteiger partial charge in [-0.25, -0.2) is 8.78 Å². The summed E-state index contributed by atoms with van der Waals surface area (Å²) in [6, 6.07) is 3.31. The first-order valence-electron chi connectivity index (χ1n) is 4.70. The highest BCUT2D eigenvalue weighted by molar-refractivity contribution is 5.45. The lowest BCUT2D eigenvalue weighted by atomic mass is 10.0. The van der Waals surface area contributed by atoms with E-state index in [2.05, 4.69) is 5.32 Å². The van der Waals surface area contributed by atoms with E-state index in [0.717, 1.165) is 11.1 Å². The Morgan fingerprint density at radius 2 is 2.07 bits per heavy atom. The average Bonchev–Trinajstić information content (AvgIpc) is 2.17. The molecular formula is C11H15F2NO. The zero-order chi connectivity index (χ0) is 11.4. The summed E-state index contributed by atoms with van der Waals surface area (Å²) in [6.45, 7) is 2.31. The number of benzene rings is 1. The van der Waals surface area contributed by atoms with E-state index in [1.54, 1.807) is 14.0 Å². The van der Waals surface area contributed by atoms with Gasteiger partial charge in [0.05, 0.1) is 12.7 Å². The molecule has 4 heteroatoms. The summed E-state index contributed by atoms with van der Waals surface area (Å²) in [4.78, 5) is 0. The molecule has 0 bridgehead atoms. The minimum atomic E-state index is -2.50. The Morgan fingerprint density at radius 1 is 1.40 bits per heavy atom. The van der Waals surface area contributed by atoms with Crippen molar-refractivity contribution in [1.82, 2.24) is 5.32 Å². The van der Waals surface area contributed by atoms with Crippen molar-refractivity contribution < 1.29 is 13.5 Å². The van der Waals surface area contributed by atoms with Crippen LogP contribution in [0.1, 0.15) is 23.1 Å². The number of methoxy groups -OCH3 is 1. The number of ether oxygens (including phenoxy) is 1. The smallest absolute Gasteiger partial charge is 0.267 e. The van der Waals surface area contributed by atoms with E-state index in [-0.39, 0.29) is 11.3 Å². The third-order valence-corrected chi connectivity index (χ3v) is 2.15. The summed E-state index contributed by atoms with van der Waals surface area (Å²) in [5.41, 5.74) is 1.54. The molecule has 0 spiro atoms. The Balaban J connectivity index is 3.25. The molecule has 1 rings (SSSR count). The van der Waals surface area contributed by atoms with Crippen molar-refractivity contribution in [3.8, 4) is 5.75 Å². The van der Waals surface area contributed by atoms with Crippen molar-refractivity contribution in [2.75, 3.05) is 14.2 Å². The standard InChI is InChI=1S/C11H15F2NO/c1-7-4-8(6-14-2)10(15-3)9(5-7)11(12)13/h4-5,11,14H,6H2,1-3H3. The summed E-state index contributed by atoms with van der Waals surface area (Å²) < 4.78 is 30.5. The third-order valence-electron chi connectivity index (χ3n) is 2.15. The molecule has 0 amide bonds. The number of nitrogens with one attached hydrogen (secondary N) is 1. The van der Waals surface area contributed by atoms with Crippen molar-refractivity contribution in [3.05, 3.63) is 28.8 Å². The Labute approximate surface area is 88.3 Å². The van der Waals surface area contributed by atoms with Crippen molar-refractivity contribution in [2.45, 2.75) is 19.9 Å². The summed E-state index contributed by atoms with van der Waals surface area (Å²) >= 11 is 0. The van der Waals surface area contributed by atoms with Crippen molar-refractivity contribution in [1.29, 1.82) is 0 Å². The Kier molecular flexibility index (Phi) is 4.03. The maximum Gasteiger partial charge on any atom is 0.267 e. The molecule has 0 aromatic heterocycles. The van der Waals surface area contributed by atoms with Crippen molar-refractivity contribution in [3.63, 3.8) is 0 Å². The lowest BCUT2D eigenvalue weighted by Gasteiger charge is -2.14. The molecule has 0 aliphatic carbocycles. The van der Waals surface area contributed by atoms with Crippen LogP contribution >= 0.6 is 0 Å². The van der Waals surface area contributed by atoms with E-state index in [1.807, 2.05) is 6.07 Å². The molecule has 0 unspecified atom stereocenters. The highest BCUT2D eigenvalue weighted by Gasteiger charge is 2.17. The van der Waals surface area contributed by atoms with Gasteiger partial charge in [-0.3, -0.25) is 0 Å². The summed E-state index contributed by atoms with van der Waals surface area (Å²) in [6.07, 6.45) is -2.50. The number of halogens is 2. The molecule has 0 heterocycles. The summed E-state index contributed by atoms with van der Waals surface area (Å²) in [5, 5.41) is 2.93. The molecule has 0 saturated heterocycles. The van der Waals surface area contributed by atoms with E-state index in [0.29, 0.717) is 6.54 Å². The molecule has 1 aromatic rings. The van der Waals surface area contributed by atoms with Gasteiger partial charge in [-0.15, -0.1) is 0 Å². The second kappa shape index (κ2) is 5.07. The molecule has 0 saturated carbocycles. The normalized spacial score (nSPS) is 10.8. The van der Waals surface area contributed by atoms with Crippen LogP contribution in [-0.2, 0) is 6.54 Å². The lowest BCUT2D eigenvalue weighted by molar-refractivity contribution is 0.146. The van der Waals surface area contributed by atoms with Gasteiger partial charge in [-0.05, 0) is 20.0 Å². The molecule has 0 aliphatic heterocycles. The van der Waals surface area contributed by atoms with E-state index in [1.165, 1.54) is 13.2 Å². The highest BCUT2D eigenvalue weighted by Crippen LogP contribution is 2.33. The van der Waals surface area contributed by atoms with Gasteiger partial charge in [0.2, 0.25) is 0 Å². The number of alkyl halides is 2. The maximum absolute atomic E-state index is 12.7. The van der Waals surface area contributed by atoms with Gasteiger partial charge in [-0.2, -0.15) is 0 Å². The molecule has 1 aromatic carbocycles. The van der Waals surface area contributed by atoms with E-state index >= 15 is 0 Å². The Bertz CT molecular complexity index is 340. The van der Waals surface area contributed by atoms with Gasteiger partial charge in [0, 0.05) is 12.1 Å². The topological polar surface area (TPSA) is 21.3 Å². The van der Waals surface area contributed by atoms with Crippen LogP contribution < -0.4 is 10.1 Å². The SMILES string of the molecule is CNCc1cc(C)cc(C(F)F)c1OC.